The second-order valence-corrected chi connectivity index (χ2v) is 6.30. The van der Waals surface area contributed by atoms with Gasteiger partial charge >= 0.3 is 5.63 Å². The molecule has 0 saturated heterocycles. The van der Waals surface area contributed by atoms with Gasteiger partial charge in [0.15, 0.2) is 5.75 Å². The minimum absolute atomic E-state index is 0.0311. The summed E-state index contributed by atoms with van der Waals surface area (Å²) < 4.78 is 11.2. The summed E-state index contributed by atoms with van der Waals surface area (Å²) in [5, 5.41) is 10.3. The van der Waals surface area contributed by atoms with Gasteiger partial charge in [0.2, 0.25) is 5.88 Å². The van der Waals surface area contributed by atoms with Crippen molar-refractivity contribution in [3.05, 3.63) is 87.6 Å². The fourth-order valence-electron chi connectivity index (χ4n) is 3.55. The molecule has 0 aliphatic carbocycles. The highest BCUT2D eigenvalue weighted by Gasteiger charge is 2.38. The molecule has 2 N–H and O–H groups in total. The Morgan fingerprint density at radius 1 is 1.12 bits per heavy atom. The number of nitrogens with zero attached hydrogens (tertiary/aromatic N) is 1. The molecule has 0 bridgehead atoms. The van der Waals surface area contributed by atoms with Gasteiger partial charge in [-0.3, -0.25) is 0 Å². The number of nitrogens with two attached hydrogens (primary N) is 1. The van der Waals surface area contributed by atoms with E-state index < -0.39 is 11.5 Å². The zero-order valence-electron chi connectivity index (χ0n) is 14.1. The van der Waals surface area contributed by atoms with E-state index in [1.165, 1.54) is 0 Å². The first-order valence-electron chi connectivity index (χ1n) is 8.30. The number of fused-ring (bicyclic) bond motifs is 3. The van der Waals surface area contributed by atoms with Crippen molar-refractivity contribution >= 4 is 11.0 Å². The van der Waals surface area contributed by atoms with Crippen LogP contribution in [0.15, 0.2) is 75.3 Å². The molecule has 1 aliphatic heterocycles. The second-order valence-electron chi connectivity index (χ2n) is 6.30. The first-order valence-corrected chi connectivity index (χ1v) is 8.30. The number of ether oxygens (including phenoxy) is 1. The normalized spacial score (nSPS) is 17.3. The Hall–Kier alpha value is -3.52. The molecule has 2 aromatic carbocycles. The van der Waals surface area contributed by atoms with Crippen LogP contribution in [0, 0.1) is 11.3 Å². The topological polar surface area (TPSA) is 89.3 Å². The van der Waals surface area contributed by atoms with Gasteiger partial charge in [-0.15, -0.1) is 0 Å². The lowest BCUT2D eigenvalue weighted by molar-refractivity contribution is 0.374. The van der Waals surface area contributed by atoms with Crippen molar-refractivity contribution in [2.75, 3.05) is 0 Å². The van der Waals surface area contributed by atoms with E-state index in [0.717, 1.165) is 5.56 Å². The summed E-state index contributed by atoms with van der Waals surface area (Å²) in [5.74, 6) is -0.284. The number of hydrogen-bond acceptors (Lipinski definition) is 5. The molecule has 2 atom stereocenters. The minimum atomic E-state index is -0.535. The maximum atomic E-state index is 12.8. The molecule has 0 fully saturated rings. The predicted octanol–water partition coefficient (Wildman–Crippen LogP) is 3.77. The summed E-state index contributed by atoms with van der Waals surface area (Å²) in [4.78, 5) is 12.8. The van der Waals surface area contributed by atoms with E-state index in [4.69, 9.17) is 14.9 Å². The van der Waals surface area contributed by atoms with Crippen molar-refractivity contribution in [1.82, 2.24) is 0 Å². The van der Waals surface area contributed by atoms with Gasteiger partial charge in [0.25, 0.3) is 0 Å². The third-order valence-electron chi connectivity index (χ3n) is 4.84. The second kappa shape index (κ2) is 6.08. The molecule has 0 saturated carbocycles. The molecule has 128 valence electrons. The van der Waals surface area contributed by atoms with Crippen LogP contribution < -0.4 is 16.1 Å². The van der Waals surface area contributed by atoms with Gasteiger partial charge in [-0.25, -0.2) is 4.79 Å². The maximum Gasteiger partial charge on any atom is 0.343 e. The van der Waals surface area contributed by atoms with Crippen LogP contribution in [0.1, 0.15) is 29.9 Å². The van der Waals surface area contributed by atoms with E-state index in [2.05, 4.69) is 6.07 Å². The van der Waals surface area contributed by atoms with Gasteiger partial charge in [0.1, 0.15) is 11.7 Å². The summed E-state index contributed by atoms with van der Waals surface area (Å²) in [7, 11) is 0. The molecule has 0 unspecified atom stereocenters. The van der Waals surface area contributed by atoms with E-state index in [1.807, 2.05) is 49.4 Å². The minimum Gasteiger partial charge on any atom is -0.439 e. The summed E-state index contributed by atoms with van der Waals surface area (Å²) in [6, 6.07) is 19.0. The Kier molecular flexibility index (Phi) is 3.74. The van der Waals surface area contributed by atoms with Gasteiger partial charge < -0.3 is 14.9 Å². The number of para-hydroxylation sites is 1. The number of nitriles is 1. The van der Waals surface area contributed by atoms with Crippen LogP contribution in [0.4, 0.5) is 0 Å². The van der Waals surface area contributed by atoms with Crippen molar-refractivity contribution < 1.29 is 9.15 Å². The standard InChI is InChI=1S/C21H16N2O3/c1-12(13-7-3-2-4-8-13)17-15(11-22)20(23)26-19-14-9-5-6-10-16(14)25-21(24)18(17)19/h2-10,12,17H,23H2,1H3/t12-,17-/m0/s1. The Morgan fingerprint density at radius 3 is 2.54 bits per heavy atom. The monoisotopic (exact) mass is 344 g/mol. The Morgan fingerprint density at radius 2 is 1.81 bits per heavy atom. The average molecular weight is 344 g/mol. The van der Waals surface area contributed by atoms with Crippen molar-refractivity contribution in [2.24, 2.45) is 5.73 Å². The Labute approximate surface area is 149 Å². The first-order chi connectivity index (χ1) is 12.6. The molecule has 5 nitrogen and oxygen atoms in total. The summed E-state index contributed by atoms with van der Waals surface area (Å²) >= 11 is 0. The van der Waals surface area contributed by atoms with Crippen LogP contribution in [0.5, 0.6) is 5.75 Å². The molecule has 3 aromatic rings. The van der Waals surface area contributed by atoms with Gasteiger partial charge in [0.05, 0.1) is 16.5 Å². The number of allylic oxidation sites excluding steroid dienone is 1. The molecule has 1 aliphatic rings. The van der Waals surface area contributed by atoms with E-state index in [0.29, 0.717) is 22.3 Å². The lowest BCUT2D eigenvalue weighted by Gasteiger charge is -2.29. The van der Waals surface area contributed by atoms with Gasteiger partial charge in [-0.1, -0.05) is 49.4 Å². The predicted molar refractivity (Wildman–Crippen MR) is 97.5 cm³/mol. The molecule has 0 radical (unpaired) electrons. The maximum absolute atomic E-state index is 12.8. The Balaban J connectivity index is 2.01. The zero-order chi connectivity index (χ0) is 18.3. The molecule has 4 rings (SSSR count). The Bertz CT molecular complexity index is 1120. The number of benzene rings is 2. The van der Waals surface area contributed by atoms with Crippen LogP contribution in [-0.2, 0) is 0 Å². The molecule has 2 heterocycles. The lowest BCUT2D eigenvalue weighted by Crippen LogP contribution is -2.28. The molecular formula is C21H16N2O3. The van der Waals surface area contributed by atoms with Crippen molar-refractivity contribution in [3.8, 4) is 11.8 Å². The molecule has 0 spiro atoms. The van der Waals surface area contributed by atoms with E-state index in [-0.39, 0.29) is 17.4 Å². The molecule has 5 heteroatoms. The fourth-order valence-corrected chi connectivity index (χ4v) is 3.55. The molecule has 26 heavy (non-hydrogen) atoms. The highest BCUT2D eigenvalue weighted by atomic mass is 16.5. The van der Waals surface area contributed by atoms with Crippen LogP contribution in [0.25, 0.3) is 11.0 Å². The van der Waals surface area contributed by atoms with Gasteiger partial charge in [0, 0.05) is 5.92 Å². The molecular weight excluding hydrogens is 328 g/mol. The van der Waals surface area contributed by atoms with Crippen LogP contribution in [0.2, 0.25) is 0 Å². The van der Waals surface area contributed by atoms with Crippen molar-refractivity contribution in [2.45, 2.75) is 18.8 Å². The molecule has 1 aromatic heterocycles. The van der Waals surface area contributed by atoms with Gasteiger partial charge in [-0.2, -0.15) is 5.26 Å². The third-order valence-corrected chi connectivity index (χ3v) is 4.84. The van der Waals surface area contributed by atoms with Crippen LogP contribution >= 0.6 is 0 Å². The average Bonchev–Trinajstić information content (AvgIpc) is 2.67. The SMILES string of the molecule is C[C@@H](c1ccccc1)[C@H]1C(C#N)=C(N)Oc2c1c(=O)oc1ccccc21. The fraction of sp³-hybridized carbons (Fsp3) is 0.143. The van der Waals surface area contributed by atoms with E-state index in [9.17, 15) is 10.1 Å². The van der Waals surface area contributed by atoms with Crippen LogP contribution in [0.3, 0.4) is 0 Å². The quantitative estimate of drug-likeness (QED) is 0.715. The van der Waals surface area contributed by atoms with Crippen molar-refractivity contribution in [3.63, 3.8) is 0 Å². The number of hydrogen-bond donors (Lipinski definition) is 1. The highest BCUT2D eigenvalue weighted by Crippen LogP contribution is 2.46. The van der Waals surface area contributed by atoms with Crippen molar-refractivity contribution in [1.29, 1.82) is 5.26 Å². The van der Waals surface area contributed by atoms with Gasteiger partial charge in [-0.05, 0) is 23.6 Å². The summed E-state index contributed by atoms with van der Waals surface area (Å²) in [5.41, 5.74) is 7.56. The third kappa shape index (κ3) is 2.35. The highest BCUT2D eigenvalue weighted by molar-refractivity contribution is 5.85. The van der Waals surface area contributed by atoms with Crippen LogP contribution in [-0.4, -0.2) is 0 Å². The molecule has 0 amide bonds. The first kappa shape index (κ1) is 16.0. The zero-order valence-corrected chi connectivity index (χ0v) is 14.1. The smallest absolute Gasteiger partial charge is 0.343 e. The summed E-state index contributed by atoms with van der Waals surface area (Å²) in [6.45, 7) is 1.97. The largest absolute Gasteiger partial charge is 0.439 e. The van der Waals surface area contributed by atoms with E-state index >= 15 is 0 Å². The number of rotatable bonds is 2. The lowest BCUT2D eigenvalue weighted by atomic mass is 9.77. The van der Waals surface area contributed by atoms with E-state index in [1.54, 1.807) is 12.1 Å². The summed E-state index contributed by atoms with van der Waals surface area (Å²) in [6.07, 6.45) is 0.